The molecule has 3 atom stereocenters. The van der Waals surface area contributed by atoms with Crippen LogP contribution >= 0.6 is 0 Å². The van der Waals surface area contributed by atoms with Gasteiger partial charge in [0.05, 0.1) is 17.4 Å². The Bertz CT molecular complexity index is 1210. The van der Waals surface area contributed by atoms with E-state index >= 15 is 0 Å². The van der Waals surface area contributed by atoms with Crippen LogP contribution in [0.2, 0.25) is 0 Å². The molecule has 2 fully saturated rings. The number of carbonyl (C=O) groups is 1. The van der Waals surface area contributed by atoms with Crippen LogP contribution in [0.25, 0.3) is 5.65 Å². The van der Waals surface area contributed by atoms with Crippen molar-refractivity contribution in [3.05, 3.63) is 59.7 Å². The van der Waals surface area contributed by atoms with Crippen LogP contribution in [0.4, 0.5) is 10.6 Å². The third kappa shape index (κ3) is 4.47. The van der Waals surface area contributed by atoms with E-state index in [1.165, 1.54) is 35.4 Å². The van der Waals surface area contributed by atoms with Crippen LogP contribution in [0.1, 0.15) is 55.1 Å². The van der Waals surface area contributed by atoms with E-state index in [2.05, 4.69) is 45.1 Å². The molecule has 6 rings (SSSR count). The molecule has 1 amide bonds. The number of hydrogen-bond acceptors (Lipinski definition) is 5. The molecule has 8 nitrogen and oxygen atoms in total. The molecule has 0 spiro atoms. The third-order valence-electron chi connectivity index (χ3n) is 8.12. The van der Waals surface area contributed by atoms with Crippen LogP contribution in [0.5, 0.6) is 0 Å². The molecular weight excluding hydrogens is 440 g/mol. The number of piperidine rings is 2. The molecule has 0 bridgehead atoms. The zero-order chi connectivity index (χ0) is 23.8. The van der Waals surface area contributed by atoms with Crippen molar-refractivity contribution >= 4 is 17.6 Å². The van der Waals surface area contributed by atoms with Crippen molar-refractivity contribution in [2.75, 3.05) is 31.5 Å². The molecule has 184 valence electrons. The Morgan fingerprint density at radius 2 is 2.03 bits per heavy atom. The number of imidazole rings is 1. The molecule has 0 unspecified atom stereocenters. The number of aromatic nitrogens is 3. The number of nitrogens with one attached hydrogen (secondary N) is 1. The predicted molar refractivity (Wildman–Crippen MR) is 134 cm³/mol. The van der Waals surface area contributed by atoms with Gasteiger partial charge in [-0.3, -0.25) is 14.3 Å². The summed E-state index contributed by atoms with van der Waals surface area (Å²) in [4.78, 5) is 25.3. The smallest absolute Gasteiger partial charge is 0.407 e. The van der Waals surface area contributed by atoms with Gasteiger partial charge < -0.3 is 15.3 Å². The predicted octanol–water partition coefficient (Wildman–Crippen LogP) is 4.43. The van der Waals surface area contributed by atoms with Gasteiger partial charge in [0, 0.05) is 38.6 Å². The average Bonchev–Trinajstić information content (AvgIpc) is 3.30. The van der Waals surface area contributed by atoms with E-state index in [-0.39, 0.29) is 0 Å². The van der Waals surface area contributed by atoms with Crippen molar-refractivity contribution < 1.29 is 9.90 Å². The summed E-state index contributed by atoms with van der Waals surface area (Å²) in [6.07, 6.45) is 10.2. The van der Waals surface area contributed by atoms with Crippen LogP contribution in [0, 0.1) is 11.8 Å². The monoisotopic (exact) mass is 474 g/mol. The minimum atomic E-state index is -0.813. The van der Waals surface area contributed by atoms with E-state index in [1.54, 1.807) is 0 Å². The van der Waals surface area contributed by atoms with Crippen molar-refractivity contribution in [1.29, 1.82) is 0 Å². The molecule has 0 saturated carbocycles. The summed E-state index contributed by atoms with van der Waals surface area (Å²) in [5.74, 6) is 2.01. The Labute approximate surface area is 206 Å². The first-order valence-corrected chi connectivity index (χ1v) is 13.0. The largest absolute Gasteiger partial charge is 0.465 e. The van der Waals surface area contributed by atoms with Crippen molar-refractivity contribution in [3.8, 4) is 0 Å². The number of pyridine rings is 2. The molecule has 35 heavy (non-hydrogen) atoms. The molecule has 1 aliphatic carbocycles. The van der Waals surface area contributed by atoms with E-state index in [0.29, 0.717) is 31.0 Å². The summed E-state index contributed by atoms with van der Waals surface area (Å²) in [7, 11) is 0. The average molecular weight is 475 g/mol. The lowest BCUT2D eigenvalue weighted by Gasteiger charge is -2.44. The van der Waals surface area contributed by atoms with Crippen LogP contribution < -0.4 is 5.32 Å². The van der Waals surface area contributed by atoms with Crippen LogP contribution in [-0.4, -0.2) is 61.5 Å². The van der Waals surface area contributed by atoms with E-state index in [4.69, 9.17) is 9.97 Å². The molecular formula is C27H34N6O2. The molecule has 8 heteroatoms. The number of nitrogens with zero attached hydrogens (tertiary/aromatic N) is 5. The topological polar surface area (TPSA) is 86.0 Å². The van der Waals surface area contributed by atoms with E-state index in [9.17, 15) is 9.90 Å². The number of anilines is 1. The molecule has 0 aromatic carbocycles. The Balaban J connectivity index is 1.19. The standard InChI is InChI=1S/C27H34N6O2/c34-27(35)32-14-3-5-19(16-32)15-29-23-8-1-9-24-30-22(18-33(23)24)17-31-13-4-7-21-11-10-20-6-2-12-28-25(20)26(21)31/h1-2,6,8-9,12,18-19,21,26,29H,3-5,7,10-11,13-17H2,(H,34,35)/t19-,21-,26-/m0/s1. The second kappa shape index (κ2) is 9.49. The molecule has 2 aliphatic heterocycles. The van der Waals surface area contributed by atoms with Crippen molar-refractivity contribution in [2.45, 2.75) is 51.1 Å². The third-order valence-corrected chi connectivity index (χ3v) is 8.12. The highest BCUT2D eigenvalue weighted by atomic mass is 16.4. The van der Waals surface area contributed by atoms with Gasteiger partial charge in [0.25, 0.3) is 0 Å². The highest BCUT2D eigenvalue weighted by Gasteiger charge is 2.37. The summed E-state index contributed by atoms with van der Waals surface area (Å²) >= 11 is 0. The Morgan fingerprint density at radius 1 is 1.11 bits per heavy atom. The summed E-state index contributed by atoms with van der Waals surface area (Å²) < 4.78 is 2.14. The number of rotatable bonds is 5. The van der Waals surface area contributed by atoms with Crippen molar-refractivity contribution in [1.82, 2.24) is 24.2 Å². The highest BCUT2D eigenvalue weighted by molar-refractivity contribution is 5.65. The van der Waals surface area contributed by atoms with Gasteiger partial charge in [-0.1, -0.05) is 12.1 Å². The lowest BCUT2D eigenvalue weighted by atomic mass is 9.77. The summed E-state index contributed by atoms with van der Waals surface area (Å²) in [6.45, 7) is 3.91. The molecule has 5 heterocycles. The number of amides is 1. The zero-order valence-electron chi connectivity index (χ0n) is 20.1. The second-order valence-corrected chi connectivity index (χ2v) is 10.4. The number of aryl methyl sites for hydroxylation is 1. The quantitative estimate of drug-likeness (QED) is 0.569. The molecule has 2 N–H and O–H groups in total. The number of fused-ring (bicyclic) bond motifs is 4. The molecule has 2 saturated heterocycles. The van der Waals surface area contributed by atoms with Gasteiger partial charge in [0.1, 0.15) is 11.5 Å². The highest BCUT2D eigenvalue weighted by Crippen LogP contribution is 2.43. The first-order valence-electron chi connectivity index (χ1n) is 13.0. The van der Waals surface area contributed by atoms with Gasteiger partial charge in [0.2, 0.25) is 0 Å². The fraction of sp³-hybridized carbons (Fsp3) is 0.519. The Hall–Kier alpha value is -3.13. The first kappa shape index (κ1) is 22.3. The van der Waals surface area contributed by atoms with Crippen LogP contribution in [0.15, 0.2) is 42.7 Å². The summed E-state index contributed by atoms with van der Waals surface area (Å²) in [6, 6.07) is 10.9. The normalized spacial score (nSPS) is 24.7. The molecule has 3 aliphatic rings. The van der Waals surface area contributed by atoms with E-state index in [0.717, 1.165) is 56.1 Å². The first-order chi connectivity index (χ1) is 17.2. The maximum absolute atomic E-state index is 11.4. The molecule has 3 aromatic rings. The lowest BCUT2D eigenvalue weighted by Crippen LogP contribution is -2.41. The zero-order valence-corrected chi connectivity index (χ0v) is 20.1. The number of carboxylic acid groups (broad SMARTS) is 1. The molecule has 3 aromatic heterocycles. The minimum absolute atomic E-state index is 0.322. The van der Waals surface area contributed by atoms with Gasteiger partial charge in [0.15, 0.2) is 0 Å². The van der Waals surface area contributed by atoms with Crippen LogP contribution in [-0.2, 0) is 13.0 Å². The van der Waals surface area contributed by atoms with Gasteiger partial charge >= 0.3 is 6.09 Å². The van der Waals surface area contributed by atoms with Gasteiger partial charge in [-0.15, -0.1) is 0 Å². The Morgan fingerprint density at radius 3 is 2.94 bits per heavy atom. The summed E-state index contributed by atoms with van der Waals surface area (Å²) in [5, 5.41) is 12.9. The maximum Gasteiger partial charge on any atom is 0.407 e. The second-order valence-electron chi connectivity index (χ2n) is 10.4. The van der Waals surface area contributed by atoms with Crippen molar-refractivity contribution in [3.63, 3.8) is 0 Å². The number of hydrogen-bond donors (Lipinski definition) is 2. The number of likely N-dealkylation sites (tertiary alicyclic amines) is 2. The molecule has 0 radical (unpaired) electrons. The van der Waals surface area contributed by atoms with Gasteiger partial charge in [-0.05, 0) is 80.7 Å². The lowest BCUT2D eigenvalue weighted by molar-refractivity contribution is 0.0687. The van der Waals surface area contributed by atoms with E-state index in [1.807, 2.05) is 12.3 Å². The summed E-state index contributed by atoms with van der Waals surface area (Å²) in [5.41, 5.74) is 4.71. The maximum atomic E-state index is 11.4. The van der Waals surface area contributed by atoms with Gasteiger partial charge in [-0.2, -0.15) is 0 Å². The fourth-order valence-corrected chi connectivity index (χ4v) is 6.44. The van der Waals surface area contributed by atoms with Crippen molar-refractivity contribution in [2.24, 2.45) is 11.8 Å². The van der Waals surface area contributed by atoms with Gasteiger partial charge in [-0.25, -0.2) is 9.78 Å². The fourth-order valence-electron chi connectivity index (χ4n) is 6.44. The Kier molecular flexibility index (Phi) is 6.06. The SMILES string of the molecule is O=C(O)N1CCC[C@@H](CNc2cccc3nc(CN4CCC[C@H]5CCc6cccnc6[C@H]54)cn23)C1. The van der Waals surface area contributed by atoms with Crippen LogP contribution in [0.3, 0.4) is 0 Å². The minimum Gasteiger partial charge on any atom is -0.465 e. The van der Waals surface area contributed by atoms with E-state index < -0.39 is 6.09 Å².